The fourth-order valence-corrected chi connectivity index (χ4v) is 1.16. The van der Waals surface area contributed by atoms with Crippen LogP contribution in [0.5, 0.6) is 0 Å². The van der Waals surface area contributed by atoms with E-state index in [4.69, 9.17) is 16.3 Å². The Morgan fingerprint density at radius 1 is 1.58 bits per heavy atom. The normalized spacial score (nSPS) is 9.83. The van der Waals surface area contributed by atoms with Crippen molar-refractivity contribution >= 4 is 17.2 Å². The lowest BCUT2D eigenvalue weighted by Gasteiger charge is -2.03. The van der Waals surface area contributed by atoms with Gasteiger partial charge in [-0.05, 0) is 23.3 Å². The second-order valence-electron chi connectivity index (χ2n) is 2.55. The van der Waals surface area contributed by atoms with Crippen LogP contribution in [0.25, 0.3) is 5.57 Å². The zero-order chi connectivity index (χ0) is 8.97. The van der Waals surface area contributed by atoms with Gasteiger partial charge in [-0.3, -0.25) is 0 Å². The van der Waals surface area contributed by atoms with Crippen LogP contribution in [0.2, 0.25) is 5.02 Å². The molecule has 0 radical (unpaired) electrons. The van der Waals surface area contributed by atoms with Gasteiger partial charge in [0.2, 0.25) is 0 Å². The lowest BCUT2D eigenvalue weighted by atomic mass is 10.1. The molecule has 0 saturated carbocycles. The van der Waals surface area contributed by atoms with E-state index < -0.39 is 0 Å². The molecule has 0 N–H and O–H groups in total. The maximum Gasteiger partial charge on any atom is 0.0713 e. The standard InChI is InChI=1S/C10H11ClO/c1-8(7-12-2)9-4-3-5-10(11)6-9/h3-6H,1,7H2,2H3. The van der Waals surface area contributed by atoms with Gasteiger partial charge in [-0.15, -0.1) is 0 Å². The van der Waals surface area contributed by atoms with Crippen molar-refractivity contribution in [2.75, 3.05) is 13.7 Å². The van der Waals surface area contributed by atoms with Gasteiger partial charge in [-0.25, -0.2) is 0 Å². The summed E-state index contributed by atoms with van der Waals surface area (Å²) in [7, 11) is 1.65. The molecule has 0 aromatic heterocycles. The summed E-state index contributed by atoms with van der Waals surface area (Å²) in [4.78, 5) is 0. The zero-order valence-electron chi connectivity index (χ0n) is 7.01. The number of ether oxygens (including phenoxy) is 1. The second kappa shape index (κ2) is 4.29. The highest BCUT2D eigenvalue weighted by Gasteiger charge is 1.97. The molecule has 0 aliphatic carbocycles. The molecule has 0 unspecified atom stereocenters. The maximum atomic E-state index is 5.81. The van der Waals surface area contributed by atoms with E-state index in [9.17, 15) is 0 Å². The van der Waals surface area contributed by atoms with Crippen molar-refractivity contribution in [3.05, 3.63) is 41.4 Å². The van der Waals surface area contributed by atoms with Crippen molar-refractivity contribution in [3.8, 4) is 0 Å². The maximum absolute atomic E-state index is 5.81. The van der Waals surface area contributed by atoms with Crippen molar-refractivity contribution in [1.29, 1.82) is 0 Å². The summed E-state index contributed by atoms with van der Waals surface area (Å²) in [6.07, 6.45) is 0. The summed E-state index contributed by atoms with van der Waals surface area (Å²) in [5, 5.41) is 0.727. The highest BCUT2D eigenvalue weighted by molar-refractivity contribution is 6.30. The smallest absolute Gasteiger partial charge is 0.0713 e. The number of benzene rings is 1. The van der Waals surface area contributed by atoms with Crippen LogP contribution in [0, 0.1) is 0 Å². The van der Waals surface area contributed by atoms with E-state index in [1.54, 1.807) is 7.11 Å². The molecule has 0 atom stereocenters. The molecule has 0 saturated heterocycles. The molecule has 0 aliphatic heterocycles. The Bertz CT molecular complexity index is 281. The summed E-state index contributed by atoms with van der Waals surface area (Å²) in [6, 6.07) is 7.58. The highest BCUT2D eigenvalue weighted by Crippen LogP contribution is 2.17. The van der Waals surface area contributed by atoms with Crippen LogP contribution in [0.4, 0.5) is 0 Å². The third-order valence-corrected chi connectivity index (χ3v) is 1.79. The van der Waals surface area contributed by atoms with Crippen LogP contribution < -0.4 is 0 Å². The number of methoxy groups -OCH3 is 1. The monoisotopic (exact) mass is 182 g/mol. The van der Waals surface area contributed by atoms with Crippen LogP contribution in [0.15, 0.2) is 30.8 Å². The van der Waals surface area contributed by atoms with Gasteiger partial charge in [0, 0.05) is 12.1 Å². The van der Waals surface area contributed by atoms with Gasteiger partial charge in [0.1, 0.15) is 0 Å². The summed E-state index contributed by atoms with van der Waals surface area (Å²) < 4.78 is 4.96. The molecule has 1 aromatic rings. The Morgan fingerprint density at radius 3 is 2.92 bits per heavy atom. The Balaban J connectivity index is 2.81. The topological polar surface area (TPSA) is 9.23 Å². The Hall–Kier alpha value is -0.790. The molecule has 0 heterocycles. The summed E-state index contributed by atoms with van der Waals surface area (Å²) in [6.45, 7) is 4.41. The Kier molecular flexibility index (Phi) is 3.32. The molecule has 1 rings (SSSR count). The van der Waals surface area contributed by atoms with Gasteiger partial charge < -0.3 is 4.74 Å². The van der Waals surface area contributed by atoms with Crippen molar-refractivity contribution < 1.29 is 4.74 Å². The van der Waals surface area contributed by atoms with E-state index in [1.807, 2.05) is 24.3 Å². The molecular formula is C10H11ClO. The summed E-state index contributed by atoms with van der Waals surface area (Å²) in [5.41, 5.74) is 1.98. The molecule has 2 heteroatoms. The fraction of sp³-hybridized carbons (Fsp3) is 0.200. The minimum Gasteiger partial charge on any atom is -0.380 e. The average molecular weight is 183 g/mol. The molecule has 0 bridgehead atoms. The van der Waals surface area contributed by atoms with E-state index >= 15 is 0 Å². The predicted molar refractivity (Wildman–Crippen MR) is 52.4 cm³/mol. The average Bonchev–Trinajstić information content (AvgIpc) is 2.05. The van der Waals surface area contributed by atoms with Crippen molar-refractivity contribution in [1.82, 2.24) is 0 Å². The molecule has 1 aromatic carbocycles. The number of rotatable bonds is 3. The van der Waals surface area contributed by atoms with Crippen LogP contribution in [-0.4, -0.2) is 13.7 Å². The Labute approximate surface area is 77.6 Å². The zero-order valence-corrected chi connectivity index (χ0v) is 7.77. The number of halogens is 1. The molecule has 12 heavy (non-hydrogen) atoms. The summed E-state index contributed by atoms with van der Waals surface area (Å²) in [5.74, 6) is 0. The van der Waals surface area contributed by atoms with E-state index in [1.165, 1.54) is 0 Å². The minimum absolute atomic E-state index is 0.542. The Morgan fingerprint density at radius 2 is 2.33 bits per heavy atom. The van der Waals surface area contributed by atoms with E-state index in [0.717, 1.165) is 16.2 Å². The minimum atomic E-state index is 0.542. The molecular weight excluding hydrogens is 172 g/mol. The van der Waals surface area contributed by atoms with Gasteiger partial charge in [-0.2, -0.15) is 0 Å². The van der Waals surface area contributed by atoms with E-state index in [0.29, 0.717) is 6.61 Å². The van der Waals surface area contributed by atoms with Gasteiger partial charge in [0.25, 0.3) is 0 Å². The van der Waals surface area contributed by atoms with Crippen LogP contribution >= 0.6 is 11.6 Å². The first kappa shape index (κ1) is 9.30. The lowest BCUT2D eigenvalue weighted by molar-refractivity contribution is 0.240. The van der Waals surface area contributed by atoms with Crippen LogP contribution in [0.1, 0.15) is 5.56 Å². The molecule has 1 nitrogen and oxygen atoms in total. The van der Waals surface area contributed by atoms with Gasteiger partial charge in [0.05, 0.1) is 6.61 Å². The van der Waals surface area contributed by atoms with Crippen LogP contribution in [0.3, 0.4) is 0 Å². The van der Waals surface area contributed by atoms with E-state index in [2.05, 4.69) is 6.58 Å². The fourth-order valence-electron chi connectivity index (χ4n) is 0.966. The SMILES string of the molecule is C=C(COC)c1cccc(Cl)c1. The first-order valence-electron chi connectivity index (χ1n) is 3.66. The van der Waals surface area contributed by atoms with Gasteiger partial charge in [-0.1, -0.05) is 30.3 Å². The number of hydrogen-bond acceptors (Lipinski definition) is 1. The molecule has 0 fully saturated rings. The molecule has 0 spiro atoms. The van der Waals surface area contributed by atoms with Crippen LogP contribution in [-0.2, 0) is 4.74 Å². The van der Waals surface area contributed by atoms with E-state index in [-0.39, 0.29) is 0 Å². The number of hydrogen-bond donors (Lipinski definition) is 0. The molecule has 0 amide bonds. The first-order valence-corrected chi connectivity index (χ1v) is 4.04. The first-order chi connectivity index (χ1) is 5.74. The molecule has 64 valence electrons. The van der Waals surface area contributed by atoms with Gasteiger partial charge >= 0.3 is 0 Å². The largest absolute Gasteiger partial charge is 0.380 e. The lowest BCUT2D eigenvalue weighted by Crippen LogP contribution is -1.91. The predicted octanol–water partition coefficient (Wildman–Crippen LogP) is 3.00. The third-order valence-electron chi connectivity index (χ3n) is 1.55. The third kappa shape index (κ3) is 2.36. The van der Waals surface area contributed by atoms with Gasteiger partial charge in [0.15, 0.2) is 0 Å². The highest BCUT2D eigenvalue weighted by atomic mass is 35.5. The summed E-state index contributed by atoms with van der Waals surface area (Å²) >= 11 is 5.81. The van der Waals surface area contributed by atoms with Crippen molar-refractivity contribution in [3.63, 3.8) is 0 Å². The van der Waals surface area contributed by atoms with Crippen molar-refractivity contribution in [2.45, 2.75) is 0 Å². The quantitative estimate of drug-likeness (QED) is 0.699. The molecule has 0 aliphatic rings. The second-order valence-corrected chi connectivity index (χ2v) is 2.98. The van der Waals surface area contributed by atoms with Crippen molar-refractivity contribution in [2.24, 2.45) is 0 Å².